The monoisotopic (exact) mass is 730 g/mol. The van der Waals surface area contributed by atoms with Gasteiger partial charge in [0.25, 0.3) is 0 Å². The Balaban J connectivity index is 0.953. The molecule has 0 aliphatic heterocycles. The quantitative estimate of drug-likeness (QED) is 0.0923. The minimum absolute atomic E-state index is 0.202. The van der Waals surface area contributed by atoms with Gasteiger partial charge in [0.2, 0.25) is 0 Å². The molecule has 0 amide bonds. The van der Waals surface area contributed by atoms with Crippen molar-refractivity contribution in [2.75, 3.05) is 13.2 Å². The van der Waals surface area contributed by atoms with Gasteiger partial charge in [-0.3, -0.25) is 0 Å². The van der Waals surface area contributed by atoms with E-state index in [1.54, 1.807) is 72.8 Å². The number of hydrogen-bond acceptors (Lipinski definition) is 2. The highest BCUT2D eigenvalue weighted by atomic mass is 19.2. The Morgan fingerprint density at radius 3 is 0.963 bits per heavy atom. The molecule has 0 saturated heterocycles. The highest BCUT2D eigenvalue weighted by Crippen LogP contribution is 2.34. The highest BCUT2D eigenvalue weighted by molar-refractivity contribution is 5.73. The van der Waals surface area contributed by atoms with Gasteiger partial charge in [0.1, 0.15) is 11.5 Å². The van der Waals surface area contributed by atoms with Crippen LogP contribution in [0.4, 0.5) is 17.6 Å². The van der Waals surface area contributed by atoms with E-state index in [0.29, 0.717) is 52.9 Å². The molecule has 0 saturated carbocycles. The predicted molar refractivity (Wildman–Crippen MR) is 212 cm³/mol. The van der Waals surface area contributed by atoms with E-state index in [9.17, 15) is 0 Å². The van der Waals surface area contributed by atoms with Crippen LogP contribution in [0.2, 0.25) is 0 Å². The minimum Gasteiger partial charge on any atom is -0.494 e. The van der Waals surface area contributed by atoms with Crippen LogP contribution in [-0.2, 0) is 12.8 Å². The number of rotatable bonds is 16. The third kappa shape index (κ3) is 9.22. The summed E-state index contributed by atoms with van der Waals surface area (Å²) in [4.78, 5) is 0. The Hall–Kier alpha value is -5.36. The first kappa shape index (κ1) is 38.4. The molecule has 0 aliphatic carbocycles. The van der Waals surface area contributed by atoms with Gasteiger partial charge in [0.05, 0.1) is 13.2 Å². The molecule has 278 valence electrons. The maximum absolute atomic E-state index is 15.2. The van der Waals surface area contributed by atoms with E-state index in [4.69, 9.17) is 9.47 Å². The lowest BCUT2D eigenvalue weighted by Crippen LogP contribution is -2.08. The van der Waals surface area contributed by atoms with Crippen LogP contribution in [-0.4, -0.2) is 13.2 Å². The van der Waals surface area contributed by atoms with Gasteiger partial charge in [-0.05, 0) is 89.2 Å². The Labute approximate surface area is 316 Å². The maximum Gasteiger partial charge on any atom is 0.167 e. The second-order valence-corrected chi connectivity index (χ2v) is 13.9. The van der Waals surface area contributed by atoms with Crippen LogP contribution in [0.1, 0.15) is 57.6 Å². The zero-order valence-electron chi connectivity index (χ0n) is 31.1. The lowest BCUT2D eigenvalue weighted by Gasteiger charge is -2.14. The molecular weight excluding hydrogens is 685 g/mol. The van der Waals surface area contributed by atoms with Crippen LogP contribution < -0.4 is 9.47 Å². The van der Waals surface area contributed by atoms with E-state index in [-0.39, 0.29) is 22.3 Å². The molecule has 54 heavy (non-hydrogen) atoms. The van der Waals surface area contributed by atoms with Gasteiger partial charge >= 0.3 is 0 Å². The molecule has 6 heteroatoms. The van der Waals surface area contributed by atoms with Gasteiger partial charge in [-0.15, -0.1) is 0 Å². The van der Waals surface area contributed by atoms with Crippen LogP contribution in [0.25, 0.3) is 44.5 Å². The van der Waals surface area contributed by atoms with Gasteiger partial charge in [0, 0.05) is 22.3 Å². The van der Waals surface area contributed by atoms with Gasteiger partial charge in [-0.25, -0.2) is 17.6 Å². The zero-order valence-corrected chi connectivity index (χ0v) is 31.1. The van der Waals surface area contributed by atoms with Crippen LogP contribution in [0, 0.1) is 29.2 Å². The normalized spacial score (nSPS) is 11.3. The molecular formula is C48H46F4O2. The summed E-state index contributed by atoms with van der Waals surface area (Å²) in [5, 5.41) is 0. The fourth-order valence-electron chi connectivity index (χ4n) is 6.63. The fraction of sp³-hybridized carbons (Fsp3) is 0.250. The van der Waals surface area contributed by atoms with E-state index < -0.39 is 23.3 Å². The lowest BCUT2D eigenvalue weighted by atomic mass is 9.97. The molecule has 2 nitrogen and oxygen atoms in total. The molecule has 0 radical (unpaired) electrons. The van der Waals surface area contributed by atoms with Crippen LogP contribution in [0.15, 0.2) is 121 Å². The number of hydrogen-bond donors (Lipinski definition) is 0. The van der Waals surface area contributed by atoms with Crippen molar-refractivity contribution < 1.29 is 27.0 Å². The van der Waals surface area contributed by atoms with Crippen LogP contribution in [0.5, 0.6) is 11.5 Å². The molecule has 0 aromatic heterocycles. The number of halogens is 4. The third-order valence-electron chi connectivity index (χ3n) is 9.86. The maximum atomic E-state index is 15.2. The average Bonchev–Trinajstić information content (AvgIpc) is 3.19. The first-order valence-electron chi connectivity index (χ1n) is 18.9. The summed E-state index contributed by atoms with van der Waals surface area (Å²) in [6.45, 7) is 7.33. The summed E-state index contributed by atoms with van der Waals surface area (Å²) in [7, 11) is 0. The SMILES string of the molecule is CCCc1ccc(-c2ccc(-c3ccc(OCCC(C)CCOc4ccc(-c5ccc(-c6ccc(CCC)cc6)c(F)c5F)cc4)cc3)c(F)c2F)cc1. The Kier molecular flexibility index (Phi) is 12.9. The summed E-state index contributed by atoms with van der Waals surface area (Å²) in [6, 6.07) is 35.7. The zero-order chi connectivity index (χ0) is 38.0. The predicted octanol–water partition coefficient (Wildman–Crippen LogP) is 13.7. The van der Waals surface area contributed by atoms with Crippen molar-refractivity contribution in [2.45, 2.75) is 59.3 Å². The molecule has 0 aliphatic rings. The van der Waals surface area contributed by atoms with Crippen molar-refractivity contribution in [3.05, 3.63) is 156 Å². The number of ether oxygens (including phenoxy) is 2. The minimum atomic E-state index is -0.871. The van der Waals surface area contributed by atoms with E-state index in [2.05, 4.69) is 20.8 Å². The number of benzene rings is 6. The molecule has 0 N–H and O–H groups in total. The van der Waals surface area contributed by atoms with Gasteiger partial charge < -0.3 is 9.47 Å². The van der Waals surface area contributed by atoms with Crippen LogP contribution >= 0.6 is 0 Å². The second kappa shape index (κ2) is 18.1. The molecule has 0 spiro atoms. The summed E-state index contributed by atoms with van der Waals surface area (Å²) in [5.74, 6) is -1.83. The Morgan fingerprint density at radius 1 is 0.407 bits per heavy atom. The largest absolute Gasteiger partial charge is 0.494 e. The molecule has 6 aromatic carbocycles. The molecule has 0 bridgehead atoms. The van der Waals surface area contributed by atoms with Gasteiger partial charge in [0.15, 0.2) is 23.3 Å². The molecule has 6 aromatic rings. The first-order chi connectivity index (χ1) is 26.2. The molecule has 0 fully saturated rings. The lowest BCUT2D eigenvalue weighted by molar-refractivity contribution is 0.245. The van der Waals surface area contributed by atoms with Crippen molar-refractivity contribution in [1.29, 1.82) is 0 Å². The standard InChI is InChI=1S/C48H46F4O2/c1-4-6-33-8-12-35(13-9-33)41-24-26-43(47(51)45(41)49)37-16-20-39(21-17-37)53-30-28-32(3)29-31-54-40-22-18-38(19-23-40)44-27-25-42(46(50)48(44)52)36-14-10-34(7-5-2)11-15-36/h8-27,32H,4-7,28-31H2,1-3H3. The topological polar surface area (TPSA) is 18.5 Å². The van der Waals surface area contributed by atoms with Crippen molar-refractivity contribution in [1.82, 2.24) is 0 Å². The summed E-state index contributed by atoms with van der Waals surface area (Å²) < 4.78 is 72.6. The van der Waals surface area contributed by atoms with E-state index in [1.807, 2.05) is 48.5 Å². The molecule has 6 rings (SSSR count). The smallest absolute Gasteiger partial charge is 0.167 e. The number of aryl methyl sites for hydroxylation is 2. The Bertz CT molecular complexity index is 1970. The van der Waals surface area contributed by atoms with Gasteiger partial charge in [-0.1, -0.05) is 131 Å². The van der Waals surface area contributed by atoms with E-state index in [0.717, 1.165) is 38.5 Å². The van der Waals surface area contributed by atoms with Crippen molar-refractivity contribution in [3.63, 3.8) is 0 Å². The summed E-state index contributed by atoms with van der Waals surface area (Å²) in [5.41, 5.74) is 5.67. The summed E-state index contributed by atoms with van der Waals surface area (Å²) >= 11 is 0. The molecule has 0 atom stereocenters. The molecule has 0 unspecified atom stereocenters. The van der Waals surface area contributed by atoms with Crippen molar-refractivity contribution in [2.24, 2.45) is 5.92 Å². The molecule has 0 heterocycles. The fourth-order valence-corrected chi connectivity index (χ4v) is 6.63. The van der Waals surface area contributed by atoms with E-state index >= 15 is 17.6 Å². The first-order valence-corrected chi connectivity index (χ1v) is 18.9. The van der Waals surface area contributed by atoms with Crippen LogP contribution in [0.3, 0.4) is 0 Å². The third-order valence-corrected chi connectivity index (χ3v) is 9.86. The van der Waals surface area contributed by atoms with E-state index in [1.165, 1.54) is 11.1 Å². The highest BCUT2D eigenvalue weighted by Gasteiger charge is 2.18. The Morgan fingerprint density at radius 2 is 0.685 bits per heavy atom. The second-order valence-electron chi connectivity index (χ2n) is 13.9. The summed E-state index contributed by atoms with van der Waals surface area (Å²) in [6.07, 6.45) is 5.55. The van der Waals surface area contributed by atoms with Crippen molar-refractivity contribution >= 4 is 0 Å². The average molecular weight is 731 g/mol. The van der Waals surface area contributed by atoms with Crippen molar-refractivity contribution in [3.8, 4) is 56.0 Å². The van der Waals surface area contributed by atoms with Gasteiger partial charge in [-0.2, -0.15) is 0 Å².